The Bertz CT molecular complexity index is 588. The van der Waals surface area contributed by atoms with E-state index in [1.165, 1.54) is 11.8 Å². The number of methoxy groups -OCH3 is 1. The lowest BCUT2D eigenvalue weighted by atomic mass is 10.3. The van der Waals surface area contributed by atoms with E-state index in [0.717, 1.165) is 16.3 Å². The van der Waals surface area contributed by atoms with Crippen molar-refractivity contribution >= 4 is 29.0 Å². The lowest BCUT2D eigenvalue weighted by Gasteiger charge is -2.08. The first kappa shape index (κ1) is 14.3. The summed E-state index contributed by atoms with van der Waals surface area (Å²) in [5.41, 5.74) is 7.31. The second-order valence-corrected chi connectivity index (χ2v) is 5.12. The van der Waals surface area contributed by atoms with Crippen LogP contribution in [-0.4, -0.2) is 18.8 Å². The Morgan fingerprint density at radius 1 is 1.25 bits per heavy atom. The average Bonchev–Trinajstić information content (AvgIpc) is 2.47. The van der Waals surface area contributed by atoms with Crippen LogP contribution in [0.4, 0.5) is 11.4 Å². The molecule has 0 aromatic heterocycles. The number of ether oxygens (including phenoxy) is 1. The Morgan fingerprint density at radius 3 is 2.70 bits per heavy atom. The highest BCUT2D eigenvalue weighted by atomic mass is 32.2. The van der Waals surface area contributed by atoms with Gasteiger partial charge in [-0.05, 0) is 30.3 Å². The summed E-state index contributed by atoms with van der Waals surface area (Å²) in [6.45, 7) is 0. The number of rotatable bonds is 5. The van der Waals surface area contributed by atoms with E-state index in [1.807, 2.05) is 36.4 Å². The van der Waals surface area contributed by atoms with Gasteiger partial charge in [0.25, 0.3) is 0 Å². The highest BCUT2D eigenvalue weighted by Crippen LogP contribution is 2.29. The third kappa shape index (κ3) is 3.93. The number of benzene rings is 2. The molecule has 0 atom stereocenters. The second kappa shape index (κ2) is 6.86. The number of anilines is 2. The number of nitrogen functional groups attached to an aromatic ring is 1. The quantitative estimate of drug-likeness (QED) is 0.655. The number of nitrogens with two attached hydrogens (primary N) is 1. The van der Waals surface area contributed by atoms with Crippen LogP contribution >= 0.6 is 11.8 Å². The summed E-state index contributed by atoms with van der Waals surface area (Å²) < 4.78 is 5.14. The van der Waals surface area contributed by atoms with Gasteiger partial charge in [-0.2, -0.15) is 0 Å². The molecular formula is C15H16N2O2S. The summed E-state index contributed by atoms with van der Waals surface area (Å²) in [4.78, 5) is 12.7. The summed E-state index contributed by atoms with van der Waals surface area (Å²) in [6, 6.07) is 14.8. The van der Waals surface area contributed by atoms with E-state index in [-0.39, 0.29) is 5.91 Å². The SMILES string of the molecule is COc1ccc(N)c(SCC(=O)Nc2ccccc2)c1. The molecular weight excluding hydrogens is 272 g/mol. The number of carbonyl (C=O) groups excluding carboxylic acids is 1. The van der Waals surface area contributed by atoms with E-state index in [1.54, 1.807) is 19.2 Å². The van der Waals surface area contributed by atoms with Crippen LogP contribution in [0, 0.1) is 0 Å². The van der Waals surface area contributed by atoms with Gasteiger partial charge in [-0.15, -0.1) is 11.8 Å². The van der Waals surface area contributed by atoms with Crippen LogP contribution in [0.15, 0.2) is 53.4 Å². The van der Waals surface area contributed by atoms with E-state index in [2.05, 4.69) is 5.32 Å². The maximum absolute atomic E-state index is 11.8. The molecule has 2 aromatic carbocycles. The number of nitrogens with one attached hydrogen (secondary N) is 1. The number of para-hydroxylation sites is 1. The zero-order chi connectivity index (χ0) is 14.4. The minimum absolute atomic E-state index is 0.0663. The maximum atomic E-state index is 11.8. The fraction of sp³-hybridized carbons (Fsp3) is 0.133. The molecule has 0 aliphatic carbocycles. The van der Waals surface area contributed by atoms with Gasteiger partial charge in [-0.3, -0.25) is 4.79 Å². The van der Waals surface area contributed by atoms with E-state index < -0.39 is 0 Å². The van der Waals surface area contributed by atoms with Crippen molar-refractivity contribution < 1.29 is 9.53 Å². The van der Waals surface area contributed by atoms with E-state index in [4.69, 9.17) is 10.5 Å². The molecule has 1 amide bonds. The molecule has 0 heterocycles. The van der Waals surface area contributed by atoms with Gasteiger partial charge in [0, 0.05) is 16.3 Å². The first-order valence-corrected chi connectivity index (χ1v) is 7.09. The number of thioether (sulfide) groups is 1. The van der Waals surface area contributed by atoms with Gasteiger partial charge in [0.05, 0.1) is 12.9 Å². The summed E-state index contributed by atoms with van der Waals surface area (Å²) in [5, 5.41) is 2.83. The summed E-state index contributed by atoms with van der Waals surface area (Å²) in [6.07, 6.45) is 0. The van der Waals surface area contributed by atoms with Crippen LogP contribution in [0.3, 0.4) is 0 Å². The Morgan fingerprint density at radius 2 is 2.00 bits per heavy atom. The van der Waals surface area contributed by atoms with Crippen molar-refractivity contribution in [2.45, 2.75) is 4.90 Å². The normalized spacial score (nSPS) is 10.1. The molecule has 0 bridgehead atoms. The number of amides is 1. The predicted molar refractivity (Wildman–Crippen MR) is 83.2 cm³/mol. The first-order chi connectivity index (χ1) is 9.69. The minimum Gasteiger partial charge on any atom is -0.497 e. The predicted octanol–water partition coefficient (Wildman–Crippen LogP) is 3.01. The van der Waals surface area contributed by atoms with E-state index in [9.17, 15) is 4.79 Å². The van der Waals surface area contributed by atoms with Gasteiger partial charge in [0.15, 0.2) is 0 Å². The molecule has 104 valence electrons. The Hall–Kier alpha value is -2.14. The zero-order valence-corrected chi connectivity index (χ0v) is 11.9. The third-order valence-corrected chi connectivity index (χ3v) is 3.71. The Kier molecular flexibility index (Phi) is 4.90. The highest BCUT2D eigenvalue weighted by Gasteiger charge is 2.07. The molecule has 2 rings (SSSR count). The highest BCUT2D eigenvalue weighted by molar-refractivity contribution is 8.00. The monoisotopic (exact) mass is 288 g/mol. The van der Waals surface area contributed by atoms with Crippen molar-refractivity contribution in [1.29, 1.82) is 0 Å². The second-order valence-electron chi connectivity index (χ2n) is 4.11. The lowest BCUT2D eigenvalue weighted by molar-refractivity contribution is -0.113. The molecule has 2 aromatic rings. The smallest absolute Gasteiger partial charge is 0.234 e. The van der Waals surface area contributed by atoms with Gasteiger partial charge < -0.3 is 15.8 Å². The van der Waals surface area contributed by atoms with Gasteiger partial charge in [-0.1, -0.05) is 18.2 Å². The average molecular weight is 288 g/mol. The number of hydrogen-bond acceptors (Lipinski definition) is 4. The van der Waals surface area contributed by atoms with Gasteiger partial charge in [-0.25, -0.2) is 0 Å². The van der Waals surface area contributed by atoms with Gasteiger partial charge >= 0.3 is 0 Å². The Labute approximate surface area is 122 Å². The molecule has 0 aliphatic heterocycles. The van der Waals surface area contributed by atoms with E-state index >= 15 is 0 Å². The van der Waals surface area contributed by atoms with Crippen molar-refractivity contribution in [3.63, 3.8) is 0 Å². The van der Waals surface area contributed by atoms with Crippen molar-refractivity contribution in [2.24, 2.45) is 0 Å². The summed E-state index contributed by atoms with van der Waals surface area (Å²) in [7, 11) is 1.60. The molecule has 0 saturated carbocycles. The number of hydrogen-bond donors (Lipinski definition) is 2. The molecule has 0 aliphatic rings. The van der Waals surface area contributed by atoms with Crippen LogP contribution in [0.25, 0.3) is 0 Å². The minimum atomic E-state index is -0.0663. The fourth-order valence-electron chi connectivity index (χ4n) is 1.63. The third-order valence-electron chi connectivity index (χ3n) is 2.64. The molecule has 0 spiro atoms. The summed E-state index contributed by atoms with van der Waals surface area (Å²) in [5.74, 6) is 0.959. The van der Waals surface area contributed by atoms with Crippen molar-refractivity contribution in [3.8, 4) is 5.75 Å². The largest absolute Gasteiger partial charge is 0.497 e. The van der Waals surface area contributed by atoms with Crippen LogP contribution in [0.1, 0.15) is 0 Å². The first-order valence-electron chi connectivity index (χ1n) is 6.10. The van der Waals surface area contributed by atoms with Crippen molar-refractivity contribution in [2.75, 3.05) is 23.9 Å². The van der Waals surface area contributed by atoms with Crippen molar-refractivity contribution in [1.82, 2.24) is 0 Å². The molecule has 4 nitrogen and oxygen atoms in total. The molecule has 20 heavy (non-hydrogen) atoms. The molecule has 0 fully saturated rings. The molecule has 3 N–H and O–H groups in total. The van der Waals surface area contributed by atoms with Crippen LogP contribution in [-0.2, 0) is 4.79 Å². The molecule has 0 unspecified atom stereocenters. The maximum Gasteiger partial charge on any atom is 0.234 e. The molecule has 0 saturated heterocycles. The number of carbonyl (C=O) groups is 1. The molecule has 5 heteroatoms. The lowest BCUT2D eigenvalue weighted by Crippen LogP contribution is -2.13. The molecule has 0 radical (unpaired) electrons. The summed E-state index contributed by atoms with van der Waals surface area (Å²) >= 11 is 1.39. The van der Waals surface area contributed by atoms with Gasteiger partial charge in [0.1, 0.15) is 5.75 Å². The van der Waals surface area contributed by atoms with Crippen LogP contribution < -0.4 is 15.8 Å². The standard InChI is InChI=1S/C15H16N2O2S/c1-19-12-7-8-13(16)14(9-12)20-10-15(18)17-11-5-3-2-4-6-11/h2-9H,10,16H2,1H3,(H,17,18). The van der Waals surface area contributed by atoms with Crippen LogP contribution in [0.2, 0.25) is 0 Å². The van der Waals surface area contributed by atoms with Gasteiger partial charge in [0.2, 0.25) is 5.91 Å². The zero-order valence-electron chi connectivity index (χ0n) is 11.1. The van der Waals surface area contributed by atoms with Crippen LogP contribution in [0.5, 0.6) is 5.75 Å². The van der Waals surface area contributed by atoms with Crippen molar-refractivity contribution in [3.05, 3.63) is 48.5 Å². The van der Waals surface area contributed by atoms with E-state index in [0.29, 0.717) is 11.4 Å². The topological polar surface area (TPSA) is 64.3 Å². The Balaban J connectivity index is 1.93. The fourth-order valence-corrected chi connectivity index (χ4v) is 2.42.